The number of ketones is 1. The molecule has 4 heterocycles. The number of nitrogens with one attached hydrogen (secondary N) is 1. The highest BCUT2D eigenvalue weighted by Gasteiger charge is 2.53. The van der Waals surface area contributed by atoms with Gasteiger partial charge in [0.2, 0.25) is 5.91 Å². The number of piperidine rings is 1. The molecule has 2 fully saturated rings. The van der Waals surface area contributed by atoms with E-state index in [1.54, 1.807) is 24.3 Å². The van der Waals surface area contributed by atoms with Crippen molar-refractivity contribution in [2.45, 2.75) is 36.8 Å². The van der Waals surface area contributed by atoms with Crippen LogP contribution in [0.4, 0.5) is 5.82 Å². The van der Waals surface area contributed by atoms with Crippen molar-refractivity contribution in [3.05, 3.63) is 81.1 Å². The van der Waals surface area contributed by atoms with Crippen LogP contribution in [0.5, 0.6) is 0 Å². The number of halogens is 1. The molecule has 34 heavy (non-hydrogen) atoms. The number of hydrogen-bond donors (Lipinski definition) is 2. The van der Waals surface area contributed by atoms with Crippen molar-refractivity contribution >= 4 is 53.3 Å². The van der Waals surface area contributed by atoms with Gasteiger partial charge in [0.05, 0.1) is 5.69 Å². The molecule has 0 bridgehead atoms. The van der Waals surface area contributed by atoms with Crippen molar-refractivity contribution in [1.29, 1.82) is 0 Å². The zero-order chi connectivity index (χ0) is 23.7. The number of amides is 1. The molecule has 0 saturated carbocycles. The standard InChI is InChI=1S/C25H24ClN3O3S2/c26-19-5-2-1-4-18(19)23-20(30)14-25(29(33)24(23)31,16-10-13-34-15-16)21-6-3-7-22(28-21)27-17-8-11-32-12-9-17/h1-7,10,13,15,17,23,33H,8-9,11-12,14H2,(H,27,28). The largest absolute Gasteiger partial charge is 0.381 e. The maximum atomic E-state index is 13.7. The summed E-state index contributed by atoms with van der Waals surface area (Å²) in [7, 11) is 0. The number of carbonyl (C=O) groups excluding carboxylic acids is 2. The van der Waals surface area contributed by atoms with Gasteiger partial charge in [-0.3, -0.25) is 13.9 Å². The van der Waals surface area contributed by atoms with Crippen LogP contribution >= 0.6 is 35.8 Å². The van der Waals surface area contributed by atoms with Crippen LogP contribution in [0.1, 0.15) is 42.0 Å². The van der Waals surface area contributed by atoms with E-state index in [-0.39, 0.29) is 18.2 Å². The number of rotatable bonds is 5. The van der Waals surface area contributed by atoms with Gasteiger partial charge in [0.1, 0.15) is 17.3 Å². The van der Waals surface area contributed by atoms with Crippen LogP contribution in [-0.2, 0) is 19.9 Å². The summed E-state index contributed by atoms with van der Waals surface area (Å²) in [5, 5.41) is 7.74. The Morgan fingerprint density at radius 3 is 2.65 bits per heavy atom. The molecule has 1 amide bonds. The second-order valence-corrected chi connectivity index (χ2v) is 10.1. The number of hydrogen-bond acceptors (Lipinski definition) is 7. The minimum Gasteiger partial charge on any atom is -0.381 e. The summed E-state index contributed by atoms with van der Waals surface area (Å²) in [6, 6.07) is 14.8. The summed E-state index contributed by atoms with van der Waals surface area (Å²) in [4.78, 5) is 32.2. The van der Waals surface area contributed by atoms with E-state index in [1.165, 1.54) is 15.6 Å². The van der Waals surface area contributed by atoms with Crippen molar-refractivity contribution in [1.82, 2.24) is 9.29 Å². The lowest BCUT2D eigenvalue weighted by molar-refractivity contribution is -0.142. The first-order valence-corrected chi connectivity index (χ1v) is 12.9. The summed E-state index contributed by atoms with van der Waals surface area (Å²) in [6.07, 6.45) is 1.84. The predicted octanol–water partition coefficient (Wildman–Crippen LogP) is 5.06. The fourth-order valence-electron chi connectivity index (χ4n) is 4.76. The number of ether oxygens (including phenoxy) is 1. The first kappa shape index (κ1) is 23.4. The highest BCUT2D eigenvalue weighted by atomic mass is 35.5. The van der Waals surface area contributed by atoms with E-state index in [2.05, 4.69) is 5.32 Å². The Balaban J connectivity index is 1.55. The topological polar surface area (TPSA) is 71.5 Å². The minimum atomic E-state index is -1.12. The number of thiophene rings is 1. The molecule has 2 aliphatic rings. The SMILES string of the molecule is O=C1CC(c2ccsc2)(c2cccc(NC3CCOCC3)n2)N(S)C(=O)C1c1ccccc1Cl. The first-order chi connectivity index (χ1) is 16.5. The Hall–Kier alpha value is -2.39. The molecule has 9 heteroatoms. The Morgan fingerprint density at radius 2 is 1.91 bits per heavy atom. The molecule has 1 aromatic carbocycles. The molecule has 1 N–H and O–H groups in total. The van der Waals surface area contributed by atoms with Crippen molar-refractivity contribution in [3.63, 3.8) is 0 Å². The number of thiol groups is 1. The maximum Gasteiger partial charge on any atom is 0.248 e. The zero-order valence-electron chi connectivity index (χ0n) is 18.3. The summed E-state index contributed by atoms with van der Waals surface area (Å²) in [5.74, 6) is -0.918. The average molecular weight is 514 g/mol. The molecule has 2 unspecified atom stereocenters. The molecule has 6 nitrogen and oxygen atoms in total. The molecule has 2 atom stereocenters. The van der Waals surface area contributed by atoms with Crippen LogP contribution in [0.2, 0.25) is 5.02 Å². The number of nitrogens with zero attached hydrogens (tertiary/aromatic N) is 2. The van der Waals surface area contributed by atoms with Crippen molar-refractivity contribution in [2.75, 3.05) is 18.5 Å². The Kier molecular flexibility index (Phi) is 6.66. The predicted molar refractivity (Wildman–Crippen MR) is 136 cm³/mol. The number of anilines is 1. The molecule has 2 aromatic heterocycles. The van der Waals surface area contributed by atoms with Crippen LogP contribution in [0.3, 0.4) is 0 Å². The molecule has 0 radical (unpaired) electrons. The Labute approximate surface area is 212 Å². The van der Waals surface area contributed by atoms with Gasteiger partial charge in [0.15, 0.2) is 5.78 Å². The molecule has 2 saturated heterocycles. The zero-order valence-corrected chi connectivity index (χ0v) is 20.8. The summed E-state index contributed by atoms with van der Waals surface area (Å²) in [6.45, 7) is 1.43. The van der Waals surface area contributed by atoms with Crippen LogP contribution in [0.15, 0.2) is 59.3 Å². The number of benzene rings is 1. The van der Waals surface area contributed by atoms with E-state index in [9.17, 15) is 9.59 Å². The molecule has 2 aliphatic heterocycles. The van der Waals surface area contributed by atoms with Gasteiger partial charge in [-0.1, -0.05) is 48.7 Å². The number of Topliss-reactive ketones (excluding diaryl/α,β-unsaturated/α-hetero) is 1. The summed E-state index contributed by atoms with van der Waals surface area (Å²) in [5.41, 5.74) is 0.780. The molecule has 3 aromatic rings. The van der Waals surface area contributed by atoms with Gasteiger partial charge in [-0.15, -0.1) is 0 Å². The van der Waals surface area contributed by atoms with Crippen molar-refractivity contribution in [2.24, 2.45) is 0 Å². The fraction of sp³-hybridized carbons (Fsp3) is 0.320. The van der Waals surface area contributed by atoms with E-state index in [0.29, 0.717) is 35.3 Å². The highest BCUT2D eigenvalue weighted by Crippen LogP contribution is 2.48. The van der Waals surface area contributed by atoms with Gasteiger partial charge in [-0.05, 0) is 59.0 Å². The summed E-state index contributed by atoms with van der Waals surface area (Å²) >= 11 is 12.6. The molecular weight excluding hydrogens is 490 g/mol. The first-order valence-electron chi connectivity index (χ1n) is 11.2. The van der Waals surface area contributed by atoms with Gasteiger partial charge >= 0.3 is 0 Å². The molecule has 0 spiro atoms. The van der Waals surface area contributed by atoms with Crippen LogP contribution < -0.4 is 5.32 Å². The molecule has 0 aliphatic carbocycles. The number of aromatic nitrogens is 1. The van der Waals surface area contributed by atoms with Crippen molar-refractivity contribution in [3.8, 4) is 0 Å². The Bertz CT molecular complexity index is 1200. The lowest BCUT2D eigenvalue weighted by Crippen LogP contribution is -2.54. The van der Waals surface area contributed by atoms with Crippen molar-refractivity contribution < 1.29 is 14.3 Å². The number of carbonyl (C=O) groups is 2. The highest BCUT2D eigenvalue weighted by molar-refractivity contribution is 7.78. The van der Waals surface area contributed by atoms with E-state index in [4.69, 9.17) is 34.1 Å². The van der Waals surface area contributed by atoms with Gasteiger partial charge < -0.3 is 10.1 Å². The smallest absolute Gasteiger partial charge is 0.248 e. The lowest BCUT2D eigenvalue weighted by atomic mass is 9.75. The lowest BCUT2D eigenvalue weighted by Gasteiger charge is -2.45. The van der Waals surface area contributed by atoms with Gasteiger partial charge in [-0.2, -0.15) is 11.3 Å². The second kappa shape index (κ2) is 9.70. The third kappa shape index (κ3) is 4.13. The fourth-order valence-corrected chi connectivity index (χ4v) is 6.13. The summed E-state index contributed by atoms with van der Waals surface area (Å²) < 4.78 is 6.83. The van der Waals surface area contributed by atoms with Gasteiger partial charge in [0.25, 0.3) is 0 Å². The molecule has 176 valence electrons. The van der Waals surface area contributed by atoms with E-state index < -0.39 is 17.4 Å². The molecular formula is C25H24ClN3O3S2. The van der Waals surface area contributed by atoms with Gasteiger partial charge in [-0.25, -0.2) is 4.98 Å². The van der Waals surface area contributed by atoms with Gasteiger partial charge in [0, 0.05) is 30.7 Å². The third-order valence-electron chi connectivity index (χ3n) is 6.53. The van der Waals surface area contributed by atoms with E-state index >= 15 is 0 Å². The van der Waals surface area contributed by atoms with E-state index in [0.717, 1.165) is 18.4 Å². The monoisotopic (exact) mass is 513 g/mol. The van der Waals surface area contributed by atoms with Crippen LogP contribution in [-0.4, -0.2) is 40.2 Å². The maximum absolute atomic E-state index is 13.7. The molecule has 5 rings (SSSR count). The van der Waals surface area contributed by atoms with Crippen LogP contribution in [0.25, 0.3) is 0 Å². The quantitative estimate of drug-likeness (QED) is 0.368. The van der Waals surface area contributed by atoms with E-state index in [1.807, 2.05) is 35.0 Å². The third-order valence-corrected chi connectivity index (χ3v) is 8.10. The number of pyridine rings is 1. The second-order valence-electron chi connectivity index (χ2n) is 8.56. The average Bonchev–Trinajstić information content (AvgIpc) is 3.39. The normalized spacial score (nSPS) is 23.8. The van der Waals surface area contributed by atoms with Crippen LogP contribution in [0, 0.1) is 0 Å². The minimum absolute atomic E-state index is 0.0442. The Morgan fingerprint density at radius 1 is 1.12 bits per heavy atom.